The molecule has 0 saturated carbocycles. The Balaban J connectivity index is 1.35. The van der Waals surface area contributed by atoms with Crippen molar-refractivity contribution in [2.75, 3.05) is 0 Å². The first-order chi connectivity index (χ1) is 21.1. The molecule has 9 aromatic rings. The van der Waals surface area contributed by atoms with Gasteiger partial charge in [-0.25, -0.2) is 4.85 Å². The second kappa shape index (κ2) is 8.61. The minimum absolute atomic E-state index is 0.483. The van der Waals surface area contributed by atoms with Crippen molar-refractivity contribution >= 4 is 71.4 Å². The summed E-state index contributed by atoms with van der Waals surface area (Å²) in [6.45, 7) is 12.4. The molecule has 4 heteroatoms. The summed E-state index contributed by atoms with van der Waals surface area (Å²) >= 11 is 0. The van der Waals surface area contributed by atoms with E-state index in [0.717, 1.165) is 66.1 Å². The number of aromatic nitrogens is 1. The molecule has 0 saturated heterocycles. The Kier molecular flexibility index (Phi) is 4.78. The van der Waals surface area contributed by atoms with Crippen molar-refractivity contribution in [3.63, 3.8) is 0 Å². The van der Waals surface area contributed by atoms with Crippen molar-refractivity contribution in [2.45, 2.75) is 13.8 Å². The number of aryl methyl sites for hydroxylation is 2. The van der Waals surface area contributed by atoms with Crippen molar-refractivity contribution in [3.05, 3.63) is 132 Å². The Hall–Kier alpha value is -5.79. The van der Waals surface area contributed by atoms with E-state index >= 15 is 0 Å². The smallest absolute Gasteiger partial charge is 0.230 e. The predicted molar refractivity (Wildman–Crippen MR) is 177 cm³/mol. The van der Waals surface area contributed by atoms with Crippen molar-refractivity contribution in [2.24, 2.45) is 0 Å². The van der Waals surface area contributed by atoms with Gasteiger partial charge in [0, 0.05) is 37.9 Å². The lowest BCUT2D eigenvalue weighted by molar-refractivity contribution is 0.667. The molecule has 0 aliphatic carbocycles. The molecule has 0 spiro atoms. The highest BCUT2D eigenvalue weighted by Gasteiger charge is 2.21. The van der Waals surface area contributed by atoms with E-state index in [9.17, 15) is 0 Å². The molecule has 0 unspecified atom stereocenters. The average Bonchev–Trinajstić information content (AvgIpc) is 3.69. The van der Waals surface area contributed by atoms with Crippen LogP contribution in [-0.4, -0.2) is 4.57 Å². The van der Waals surface area contributed by atoms with E-state index in [2.05, 4.69) is 108 Å². The molecule has 4 nitrogen and oxygen atoms in total. The van der Waals surface area contributed by atoms with Crippen LogP contribution in [0.25, 0.3) is 87.3 Å². The molecule has 0 atom stereocenters. The summed E-state index contributed by atoms with van der Waals surface area (Å²) in [5, 5.41) is 6.47. The maximum absolute atomic E-state index is 8.10. The van der Waals surface area contributed by atoms with Crippen molar-refractivity contribution in [3.8, 4) is 16.8 Å². The molecule has 9 rings (SSSR count). The van der Waals surface area contributed by atoms with Crippen LogP contribution >= 0.6 is 0 Å². The molecule has 0 aliphatic rings. The number of furan rings is 2. The molecule has 202 valence electrons. The van der Waals surface area contributed by atoms with E-state index in [0.29, 0.717) is 11.3 Å². The number of hydrogen-bond acceptors (Lipinski definition) is 2. The minimum atomic E-state index is 0.483. The summed E-state index contributed by atoms with van der Waals surface area (Å²) < 4.78 is 15.3. The van der Waals surface area contributed by atoms with Crippen LogP contribution in [0.5, 0.6) is 0 Å². The van der Waals surface area contributed by atoms with E-state index in [1.807, 2.05) is 24.3 Å². The zero-order valence-electron chi connectivity index (χ0n) is 23.6. The standard InChI is InChI=1S/C39H24N2O2/c1-22-15-17-33-30(18-22)26-16-14-23(2)19-35(26)41(33)34-12-7-11-29-31-20-24(21-32(40-3)38(31)43-39(29)34)25-9-6-10-28-27-8-4-5-13-36(27)42-37(25)28/h4-21H,1-2H3. The molecule has 0 amide bonds. The third-order valence-corrected chi connectivity index (χ3v) is 8.71. The fourth-order valence-corrected chi connectivity index (χ4v) is 6.76. The summed E-state index contributed by atoms with van der Waals surface area (Å²) in [6.07, 6.45) is 0. The molecule has 43 heavy (non-hydrogen) atoms. The van der Waals surface area contributed by atoms with E-state index in [4.69, 9.17) is 15.4 Å². The van der Waals surface area contributed by atoms with E-state index in [-0.39, 0.29) is 0 Å². The molecule has 3 aromatic heterocycles. The Morgan fingerprint density at radius 3 is 2.21 bits per heavy atom. The summed E-state index contributed by atoms with van der Waals surface area (Å²) in [5.41, 5.74) is 11.1. The average molecular weight is 553 g/mol. The van der Waals surface area contributed by atoms with Crippen LogP contribution in [0.3, 0.4) is 0 Å². The second-order valence-electron chi connectivity index (χ2n) is 11.4. The first kappa shape index (κ1) is 23.9. The van der Waals surface area contributed by atoms with E-state index in [1.165, 1.54) is 21.9 Å². The van der Waals surface area contributed by atoms with Gasteiger partial charge in [-0.3, -0.25) is 0 Å². The van der Waals surface area contributed by atoms with Crippen molar-refractivity contribution < 1.29 is 8.83 Å². The van der Waals surface area contributed by atoms with E-state index < -0.39 is 0 Å². The van der Waals surface area contributed by atoms with Crippen LogP contribution in [-0.2, 0) is 0 Å². The van der Waals surface area contributed by atoms with Gasteiger partial charge in [0.15, 0.2) is 5.58 Å². The quantitative estimate of drug-likeness (QED) is 0.200. The van der Waals surface area contributed by atoms with Gasteiger partial charge in [-0.15, -0.1) is 0 Å². The highest BCUT2D eigenvalue weighted by Crippen LogP contribution is 2.44. The molecule has 0 radical (unpaired) electrons. The first-order valence-electron chi connectivity index (χ1n) is 14.4. The number of para-hydroxylation sites is 3. The number of benzene rings is 6. The Morgan fingerprint density at radius 2 is 1.33 bits per heavy atom. The molecule has 3 heterocycles. The number of hydrogen-bond donors (Lipinski definition) is 0. The van der Waals surface area contributed by atoms with Gasteiger partial charge in [0.05, 0.1) is 23.3 Å². The first-order valence-corrected chi connectivity index (χ1v) is 14.4. The number of fused-ring (bicyclic) bond motifs is 9. The molecule has 6 aromatic carbocycles. The van der Waals surface area contributed by atoms with Crippen molar-refractivity contribution in [1.82, 2.24) is 4.57 Å². The predicted octanol–water partition coefficient (Wildman–Crippen LogP) is 11.4. The molecule has 0 fully saturated rings. The summed E-state index contributed by atoms with van der Waals surface area (Å²) in [4.78, 5) is 3.94. The van der Waals surface area contributed by atoms with Gasteiger partial charge in [0.2, 0.25) is 5.69 Å². The zero-order chi connectivity index (χ0) is 28.8. The molecule has 0 N–H and O–H groups in total. The third-order valence-electron chi connectivity index (χ3n) is 8.71. The lowest BCUT2D eigenvalue weighted by atomic mass is 9.99. The van der Waals surface area contributed by atoms with Gasteiger partial charge in [-0.1, -0.05) is 72.3 Å². The fraction of sp³-hybridized carbons (Fsp3) is 0.0513. The van der Waals surface area contributed by atoms with Crippen LogP contribution in [0.2, 0.25) is 0 Å². The summed E-state index contributed by atoms with van der Waals surface area (Å²) in [7, 11) is 0. The lowest BCUT2D eigenvalue weighted by Gasteiger charge is -2.09. The summed E-state index contributed by atoms with van der Waals surface area (Å²) in [5.74, 6) is 0. The zero-order valence-corrected chi connectivity index (χ0v) is 23.6. The molecule has 0 aliphatic heterocycles. The topological polar surface area (TPSA) is 35.6 Å². The minimum Gasteiger partial charge on any atom is -0.465 e. The Labute approximate surface area is 246 Å². The molecular formula is C39H24N2O2. The maximum Gasteiger partial charge on any atom is 0.230 e. The normalized spacial score (nSPS) is 11.9. The van der Waals surface area contributed by atoms with Gasteiger partial charge in [0.25, 0.3) is 0 Å². The molecular weight excluding hydrogens is 528 g/mol. The highest BCUT2D eigenvalue weighted by molar-refractivity contribution is 6.16. The van der Waals surface area contributed by atoms with Gasteiger partial charge in [-0.2, -0.15) is 0 Å². The number of rotatable bonds is 2. The summed E-state index contributed by atoms with van der Waals surface area (Å²) in [6, 6.07) is 37.9. The van der Waals surface area contributed by atoms with Crippen LogP contribution in [0, 0.1) is 20.4 Å². The van der Waals surface area contributed by atoms with Gasteiger partial charge < -0.3 is 13.4 Å². The van der Waals surface area contributed by atoms with Crippen LogP contribution in [0.1, 0.15) is 11.1 Å². The van der Waals surface area contributed by atoms with Gasteiger partial charge >= 0.3 is 0 Å². The lowest BCUT2D eigenvalue weighted by Crippen LogP contribution is -1.94. The van der Waals surface area contributed by atoms with Gasteiger partial charge in [0.1, 0.15) is 16.7 Å². The Morgan fingerprint density at radius 1 is 0.558 bits per heavy atom. The largest absolute Gasteiger partial charge is 0.465 e. The Bertz CT molecular complexity index is 2660. The third kappa shape index (κ3) is 3.31. The van der Waals surface area contributed by atoms with Gasteiger partial charge in [-0.05, 0) is 67.4 Å². The number of nitrogens with zero attached hydrogens (tertiary/aromatic N) is 2. The monoisotopic (exact) mass is 552 g/mol. The van der Waals surface area contributed by atoms with Crippen molar-refractivity contribution in [1.29, 1.82) is 0 Å². The highest BCUT2D eigenvalue weighted by atomic mass is 16.3. The maximum atomic E-state index is 8.10. The molecule has 0 bridgehead atoms. The fourth-order valence-electron chi connectivity index (χ4n) is 6.76. The second-order valence-corrected chi connectivity index (χ2v) is 11.4. The van der Waals surface area contributed by atoms with E-state index in [1.54, 1.807) is 0 Å². The van der Waals surface area contributed by atoms with Crippen LogP contribution < -0.4 is 0 Å². The van der Waals surface area contributed by atoms with Crippen LogP contribution in [0.15, 0.2) is 118 Å². The SMILES string of the molecule is [C-]#[N+]c1cc(-c2cccc3c2oc2ccccc23)cc2c1oc1c(-n3c4ccc(C)cc4c4ccc(C)cc43)cccc12. The van der Waals surface area contributed by atoms with Crippen LogP contribution in [0.4, 0.5) is 5.69 Å².